The lowest BCUT2D eigenvalue weighted by molar-refractivity contribution is 0.503. The molecule has 0 aromatic heterocycles. The molecule has 0 fully saturated rings. The van der Waals surface area contributed by atoms with Gasteiger partial charge in [-0.15, -0.1) is 0 Å². The van der Waals surface area contributed by atoms with Crippen molar-refractivity contribution in [1.29, 1.82) is 0 Å². The summed E-state index contributed by atoms with van der Waals surface area (Å²) in [6, 6.07) is 8.06. The summed E-state index contributed by atoms with van der Waals surface area (Å²) >= 11 is 0. The molecular formula is C16H17F. The number of aryl methyl sites for hydroxylation is 2. The van der Waals surface area contributed by atoms with E-state index in [1.165, 1.54) is 17.5 Å². The van der Waals surface area contributed by atoms with Crippen molar-refractivity contribution in [3.63, 3.8) is 0 Å². The number of benzene rings is 2. The van der Waals surface area contributed by atoms with Crippen LogP contribution in [-0.4, -0.2) is 0 Å². The Hall–Kier alpha value is -1.37. The maximum atomic E-state index is 14.0. The zero-order chi connectivity index (χ0) is 12.0. The molecule has 0 saturated carbocycles. The van der Waals surface area contributed by atoms with Gasteiger partial charge in [0.05, 0.1) is 0 Å². The summed E-state index contributed by atoms with van der Waals surface area (Å²) in [6.07, 6.45) is 3.46. The maximum Gasteiger partial charge on any atom is 0.133 e. The van der Waals surface area contributed by atoms with Crippen LogP contribution in [0.15, 0.2) is 24.3 Å². The van der Waals surface area contributed by atoms with E-state index in [0.717, 1.165) is 35.1 Å². The van der Waals surface area contributed by atoms with Crippen molar-refractivity contribution in [3.05, 3.63) is 46.8 Å². The van der Waals surface area contributed by atoms with E-state index in [4.69, 9.17) is 0 Å². The van der Waals surface area contributed by atoms with Crippen molar-refractivity contribution in [2.45, 2.75) is 33.1 Å². The highest BCUT2D eigenvalue weighted by atomic mass is 19.1. The third-order valence-electron chi connectivity index (χ3n) is 3.99. The van der Waals surface area contributed by atoms with Gasteiger partial charge in [0.15, 0.2) is 0 Å². The Morgan fingerprint density at radius 1 is 1.12 bits per heavy atom. The first kappa shape index (κ1) is 10.8. The lowest BCUT2D eigenvalue weighted by Gasteiger charge is -2.23. The topological polar surface area (TPSA) is 0 Å². The third kappa shape index (κ3) is 1.65. The highest BCUT2D eigenvalue weighted by Crippen LogP contribution is 2.32. The van der Waals surface area contributed by atoms with E-state index in [2.05, 4.69) is 19.1 Å². The van der Waals surface area contributed by atoms with Crippen LogP contribution in [-0.2, 0) is 12.8 Å². The predicted molar refractivity (Wildman–Crippen MR) is 69.8 cm³/mol. The van der Waals surface area contributed by atoms with E-state index in [1.807, 2.05) is 19.1 Å². The lowest BCUT2D eigenvalue weighted by atomic mass is 9.82. The highest BCUT2D eigenvalue weighted by molar-refractivity contribution is 5.88. The molecule has 1 unspecified atom stereocenters. The van der Waals surface area contributed by atoms with Gasteiger partial charge in [-0.25, -0.2) is 4.39 Å². The van der Waals surface area contributed by atoms with Gasteiger partial charge in [-0.3, -0.25) is 0 Å². The molecule has 1 aliphatic rings. The van der Waals surface area contributed by atoms with E-state index in [0.29, 0.717) is 0 Å². The van der Waals surface area contributed by atoms with E-state index < -0.39 is 0 Å². The first-order valence-corrected chi connectivity index (χ1v) is 6.36. The summed E-state index contributed by atoms with van der Waals surface area (Å²) < 4.78 is 14.0. The summed E-state index contributed by atoms with van der Waals surface area (Å²) in [7, 11) is 0. The predicted octanol–water partition coefficient (Wildman–Crippen LogP) is 4.41. The van der Waals surface area contributed by atoms with Crippen molar-refractivity contribution >= 4 is 10.8 Å². The van der Waals surface area contributed by atoms with Crippen molar-refractivity contribution in [1.82, 2.24) is 0 Å². The van der Waals surface area contributed by atoms with Crippen LogP contribution in [0.4, 0.5) is 4.39 Å². The molecule has 1 aliphatic carbocycles. The number of hydrogen-bond acceptors (Lipinski definition) is 0. The van der Waals surface area contributed by atoms with Gasteiger partial charge in [0, 0.05) is 5.39 Å². The molecule has 3 rings (SSSR count). The summed E-state index contributed by atoms with van der Waals surface area (Å²) in [5.41, 5.74) is 3.53. The maximum absolute atomic E-state index is 14.0. The molecule has 1 heteroatoms. The molecule has 17 heavy (non-hydrogen) atoms. The molecule has 0 spiro atoms. The molecule has 0 nitrogen and oxygen atoms in total. The van der Waals surface area contributed by atoms with Crippen molar-refractivity contribution < 1.29 is 4.39 Å². The average Bonchev–Trinajstić information content (AvgIpc) is 2.33. The monoisotopic (exact) mass is 228 g/mol. The van der Waals surface area contributed by atoms with Crippen molar-refractivity contribution in [2.75, 3.05) is 0 Å². The molecule has 0 bridgehead atoms. The van der Waals surface area contributed by atoms with Gasteiger partial charge in [-0.2, -0.15) is 0 Å². The quantitative estimate of drug-likeness (QED) is 0.626. The van der Waals surface area contributed by atoms with Gasteiger partial charge >= 0.3 is 0 Å². The molecule has 2 aromatic rings. The Labute approximate surface area is 101 Å². The van der Waals surface area contributed by atoms with Gasteiger partial charge in [-0.05, 0) is 54.2 Å². The Morgan fingerprint density at radius 2 is 1.88 bits per heavy atom. The van der Waals surface area contributed by atoms with E-state index in [1.54, 1.807) is 0 Å². The van der Waals surface area contributed by atoms with Crippen LogP contribution in [0.3, 0.4) is 0 Å². The minimum absolute atomic E-state index is 0.0519. The van der Waals surface area contributed by atoms with Gasteiger partial charge < -0.3 is 0 Å². The number of halogens is 1. The third-order valence-corrected chi connectivity index (χ3v) is 3.99. The fourth-order valence-corrected chi connectivity index (χ4v) is 2.94. The second-order valence-corrected chi connectivity index (χ2v) is 5.34. The van der Waals surface area contributed by atoms with Crippen LogP contribution in [0.25, 0.3) is 10.8 Å². The number of fused-ring (bicyclic) bond motifs is 3. The summed E-state index contributed by atoms with van der Waals surface area (Å²) in [5, 5.41) is 1.91. The smallest absolute Gasteiger partial charge is 0.133 e. The van der Waals surface area contributed by atoms with E-state index >= 15 is 0 Å². The minimum atomic E-state index is -0.0519. The molecule has 2 aromatic carbocycles. The standard InChI is InChI=1S/C16H17F/c1-10-3-6-13-12(9-10)5-8-15-14(13)7-4-11(2)16(15)17/h4-5,7-8,10H,3,6,9H2,1-2H3. The zero-order valence-corrected chi connectivity index (χ0v) is 10.4. The summed E-state index contributed by atoms with van der Waals surface area (Å²) in [6.45, 7) is 4.12. The SMILES string of the molecule is Cc1ccc2c3c(ccc2c1F)CC(C)CC3. The fourth-order valence-electron chi connectivity index (χ4n) is 2.94. The lowest BCUT2D eigenvalue weighted by Crippen LogP contribution is -2.11. The van der Waals surface area contributed by atoms with Crippen LogP contribution < -0.4 is 0 Å². The second-order valence-electron chi connectivity index (χ2n) is 5.34. The van der Waals surface area contributed by atoms with E-state index in [9.17, 15) is 4.39 Å². The first-order chi connectivity index (χ1) is 8.16. The van der Waals surface area contributed by atoms with Gasteiger partial charge in [0.25, 0.3) is 0 Å². The van der Waals surface area contributed by atoms with Gasteiger partial charge in [0.2, 0.25) is 0 Å². The van der Waals surface area contributed by atoms with Crippen LogP contribution in [0.2, 0.25) is 0 Å². The average molecular weight is 228 g/mol. The second kappa shape index (κ2) is 3.83. The molecule has 88 valence electrons. The fraction of sp³-hybridized carbons (Fsp3) is 0.375. The Morgan fingerprint density at radius 3 is 2.71 bits per heavy atom. The van der Waals surface area contributed by atoms with Crippen LogP contribution in [0, 0.1) is 18.7 Å². The minimum Gasteiger partial charge on any atom is -0.206 e. The number of hydrogen-bond donors (Lipinski definition) is 0. The zero-order valence-electron chi connectivity index (χ0n) is 10.4. The molecule has 1 atom stereocenters. The molecule has 0 saturated heterocycles. The highest BCUT2D eigenvalue weighted by Gasteiger charge is 2.18. The van der Waals surface area contributed by atoms with Crippen LogP contribution in [0.5, 0.6) is 0 Å². The van der Waals surface area contributed by atoms with Gasteiger partial charge in [-0.1, -0.05) is 31.2 Å². The summed E-state index contributed by atoms with van der Waals surface area (Å²) in [5.74, 6) is 0.708. The molecule has 0 aliphatic heterocycles. The van der Waals surface area contributed by atoms with Crippen molar-refractivity contribution in [2.24, 2.45) is 5.92 Å². The normalized spacial score (nSPS) is 19.4. The molecule has 0 heterocycles. The molecule has 0 N–H and O–H groups in total. The molecule has 0 radical (unpaired) electrons. The van der Waals surface area contributed by atoms with Crippen LogP contribution in [0.1, 0.15) is 30.0 Å². The van der Waals surface area contributed by atoms with E-state index in [-0.39, 0.29) is 5.82 Å². The summed E-state index contributed by atoms with van der Waals surface area (Å²) in [4.78, 5) is 0. The number of rotatable bonds is 0. The Kier molecular flexibility index (Phi) is 2.43. The van der Waals surface area contributed by atoms with Crippen LogP contribution >= 0.6 is 0 Å². The largest absolute Gasteiger partial charge is 0.206 e. The van der Waals surface area contributed by atoms with Gasteiger partial charge in [0.1, 0.15) is 5.82 Å². The Balaban J connectivity index is 2.29. The first-order valence-electron chi connectivity index (χ1n) is 6.36. The van der Waals surface area contributed by atoms with Crippen molar-refractivity contribution in [3.8, 4) is 0 Å². The molecule has 0 amide bonds. The molecular weight excluding hydrogens is 211 g/mol. The Bertz CT molecular complexity index is 584.